The molecule has 1 rings (SSSR count). The zero-order chi connectivity index (χ0) is 14.7. The van der Waals surface area contributed by atoms with Crippen molar-refractivity contribution in [3.05, 3.63) is 30.3 Å². The van der Waals surface area contributed by atoms with Crippen molar-refractivity contribution in [1.29, 1.82) is 0 Å². The van der Waals surface area contributed by atoms with E-state index in [0.29, 0.717) is 5.69 Å². The van der Waals surface area contributed by atoms with E-state index in [0.717, 1.165) is 0 Å². The van der Waals surface area contributed by atoms with Crippen molar-refractivity contribution >= 4 is 29.2 Å². The van der Waals surface area contributed by atoms with Crippen molar-refractivity contribution < 1.29 is 19.4 Å². The number of ether oxygens (including phenoxy) is 1. The van der Waals surface area contributed by atoms with Gasteiger partial charge < -0.3 is 15.2 Å². The zero-order valence-corrected chi connectivity index (χ0v) is 11.7. The van der Waals surface area contributed by atoms with Crippen LogP contribution in [0.3, 0.4) is 0 Å². The van der Waals surface area contributed by atoms with Crippen molar-refractivity contribution in [3.8, 4) is 0 Å². The molecule has 0 bridgehead atoms. The summed E-state index contributed by atoms with van der Waals surface area (Å²) in [5, 5.41) is 11.6. The fourth-order valence-corrected chi connectivity index (χ4v) is 1.41. The second kappa shape index (κ2) is 5.48. The first kappa shape index (κ1) is 15.3. The fraction of sp³-hybridized carbons (Fsp3) is 0.385. The minimum absolute atomic E-state index is 0.408. The highest BCUT2D eigenvalue weighted by Crippen LogP contribution is 2.24. The van der Waals surface area contributed by atoms with Crippen LogP contribution in [0, 0.1) is 0 Å². The highest BCUT2D eigenvalue weighted by atomic mass is 35.5. The number of esters is 1. The minimum Gasteiger partial charge on any atom is -0.478 e. The van der Waals surface area contributed by atoms with Gasteiger partial charge in [0, 0.05) is 5.69 Å². The van der Waals surface area contributed by atoms with Crippen molar-refractivity contribution in [2.45, 2.75) is 31.4 Å². The Bertz CT molecular complexity index is 469. The Hall–Kier alpha value is -1.75. The number of alkyl halides is 1. The molecule has 0 fully saturated rings. The van der Waals surface area contributed by atoms with E-state index in [2.05, 4.69) is 5.32 Å². The second-order valence-corrected chi connectivity index (χ2v) is 5.52. The van der Waals surface area contributed by atoms with Gasteiger partial charge in [0.05, 0.1) is 0 Å². The lowest BCUT2D eigenvalue weighted by atomic mass is 10.2. The molecule has 0 heterocycles. The molecule has 19 heavy (non-hydrogen) atoms. The molecule has 0 saturated carbocycles. The summed E-state index contributed by atoms with van der Waals surface area (Å²) in [5.41, 5.74) is -0.420. The first-order chi connectivity index (χ1) is 8.65. The van der Waals surface area contributed by atoms with Crippen LogP contribution in [0.25, 0.3) is 0 Å². The molecule has 2 N–H and O–H groups in total. The van der Waals surface area contributed by atoms with Gasteiger partial charge in [-0.1, -0.05) is 29.8 Å². The summed E-state index contributed by atoms with van der Waals surface area (Å²) in [4.78, 5) is 20.8. The van der Waals surface area contributed by atoms with Crippen LogP contribution in [-0.4, -0.2) is 27.6 Å². The number of halogens is 1. The largest absolute Gasteiger partial charge is 0.478 e. The number of carbonyl (C=O) groups excluding carboxylic acids is 1. The average molecular weight is 286 g/mol. The summed E-state index contributed by atoms with van der Waals surface area (Å²) in [6.07, 6.45) is 0. The Morgan fingerprint density at radius 1 is 1.21 bits per heavy atom. The summed E-state index contributed by atoms with van der Waals surface area (Å²) >= 11 is 5.88. The number of hydrogen-bond donors (Lipinski definition) is 2. The van der Waals surface area contributed by atoms with Gasteiger partial charge in [0.2, 0.25) is 0 Å². The van der Waals surface area contributed by atoms with Gasteiger partial charge in [-0.2, -0.15) is 0 Å². The van der Waals surface area contributed by atoms with Gasteiger partial charge in [0.15, 0.2) is 0 Å². The van der Waals surface area contributed by atoms with Crippen molar-refractivity contribution in [3.63, 3.8) is 0 Å². The van der Waals surface area contributed by atoms with E-state index < -0.39 is 22.5 Å². The molecule has 0 aliphatic carbocycles. The first-order valence-corrected chi connectivity index (χ1v) is 6.02. The van der Waals surface area contributed by atoms with E-state index in [1.54, 1.807) is 51.1 Å². The van der Waals surface area contributed by atoms with Crippen LogP contribution < -0.4 is 5.32 Å². The number of nitrogens with one attached hydrogen (secondary N) is 1. The number of para-hydroxylation sites is 1. The molecule has 1 atom stereocenters. The molecule has 0 aliphatic heterocycles. The van der Waals surface area contributed by atoms with Crippen molar-refractivity contribution in [1.82, 2.24) is 0 Å². The zero-order valence-electron chi connectivity index (χ0n) is 10.9. The third-order valence-electron chi connectivity index (χ3n) is 2.07. The van der Waals surface area contributed by atoms with Gasteiger partial charge >= 0.3 is 16.9 Å². The van der Waals surface area contributed by atoms with E-state index in [1.807, 2.05) is 0 Å². The van der Waals surface area contributed by atoms with E-state index in [9.17, 15) is 9.59 Å². The predicted octanol–water partition coefficient (Wildman–Crippen LogP) is 2.46. The molecule has 0 aromatic heterocycles. The van der Waals surface area contributed by atoms with E-state index in [1.165, 1.54) is 0 Å². The van der Waals surface area contributed by atoms with Crippen LogP contribution in [0.4, 0.5) is 5.69 Å². The van der Waals surface area contributed by atoms with Crippen LogP contribution in [0.5, 0.6) is 0 Å². The number of hydrogen-bond acceptors (Lipinski definition) is 4. The number of anilines is 1. The molecule has 0 saturated heterocycles. The Morgan fingerprint density at radius 3 is 2.16 bits per heavy atom. The molecular weight excluding hydrogens is 270 g/mol. The SMILES string of the molecule is CC(C)(C)OC(=O)C(Cl)(Nc1ccccc1)C(=O)O. The van der Waals surface area contributed by atoms with E-state index >= 15 is 0 Å². The number of aliphatic carboxylic acids is 1. The topological polar surface area (TPSA) is 75.6 Å². The Labute approximate surface area is 116 Å². The Kier molecular flexibility index (Phi) is 4.42. The Balaban J connectivity index is 2.98. The summed E-state index contributed by atoms with van der Waals surface area (Å²) in [6.45, 7) is 4.89. The second-order valence-electron chi connectivity index (χ2n) is 4.96. The number of carbonyl (C=O) groups is 2. The molecule has 6 heteroatoms. The lowest BCUT2D eigenvalue weighted by Gasteiger charge is -2.27. The summed E-state index contributed by atoms with van der Waals surface area (Å²) < 4.78 is 5.02. The quantitative estimate of drug-likeness (QED) is 0.385. The third kappa shape index (κ3) is 4.13. The van der Waals surface area contributed by atoms with Gasteiger partial charge in [-0.25, -0.2) is 9.59 Å². The van der Waals surface area contributed by atoms with Crippen molar-refractivity contribution in [2.24, 2.45) is 0 Å². The van der Waals surface area contributed by atoms with Crippen molar-refractivity contribution in [2.75, 3.05) is 5.32 Å². The molecule has 0 spiro atoms. The maximum Gasteiger partial charge on any atom is 0.360 e. The van der Waals surface area contributed by atoms with Crippen LogP contribution in [0.1, 0.15) is 20.8 Å². The van der Waals surface area contributed by atoms with Gasteiger partial charge in [0.1, 0.15) is 5.60 Å². The smallest absolute Gasteiger partial charge is 0.360 e. The maximum atomic E-state index is 11.9. The first-order valence-electron chi connectivity index (χ1n) is 5.64. The molecule has 1 aromatic rings. The van der Waals surface area contributed by atoms with Crippen LogP contribution >= 0.6 is 11.6 Å². The normalized spacial score (nSPS) is 14.3. The monoisotopic (exact) mass is 285 g/mol. The van der Waals surface area contributed by atoms with Gasteiger partial charge in [-0.3, -0.25) is 0 Å². The van der Waals surface area contributed by atoms with Gasteiger partial charge in [0.25, 0.3) is 0 Å². The lowest BCUT2D eigenvalue weighted by molar-refractivity contribution is -0.163. The number of carboxylic acids is 1. The molecule has 104 valence electrons. The molecule has 5 nitrogen and oxygen atoms in total. The third-order valence-corrected chi connectivity index (χ3v) is 2.48. The van der Waals surface area contributed by atoms with Gasteiger partial charge in [-0.15, -0.1) is 0 Å². The molecule has 0 radical (unpaired) electrons. The predicted molar refractivity (Wildman–Crippen MR) is 72.1 cm³/mol. The van der Waals surface area contributed by atoms with Crippen LogP contribution in [-0.2, 0) is 14.3 Å². The maximum absolute atomic E-state index is 11.9. The summed E-state index contributed by atoms with van der Waals surface area (Å²) in [7, 11) is 0. The Morgan fingerprint density at radius 2 is 1.74 bits per heavy atom. The summed E-state index contributed by atoms with van der Waals surface area (Å²) in [5.74, 6) is -2.58. The molecule has 1 unspecified atom stereocenters. The molecule has 1 aromatic carbocycles. The van der Waals surface area contributed by atoms with Gasteiger partial charge in [-0.05, 0) is 32.9 Å². The highest BCUT2D eigenvalue weighted by molar-refractivity contribution is 6.45. The number of carboxylic acid groups (broad SMARTS) is 1. The minimum atomic E-state index is -2.35. The molecule has 0 amide bonds. The lowest BCUT2D eigenvalue weighted by Crippen LogP contribution is -2.51. The van der Waals surface area contributed by atoms with E-state index in [4.69, 9.17) is 21.4 Å². The standard InChI is InChI=1S/C13H16ClNO4/c1-12(2,3)19-11(18)13(14,10(16)17)15-9-7-5-4-6-8-9/h4-8,15H,1-3H3,(H,16,17). The summed E-state index contributed by atoms with van der Waals surface area (Å²) in [6, 6.07) is 8.34. The van der Waals surface area contributed by atoms with Crippen LogP contribution in [0.2, 0.25) is 0 Å². The van der Waals surface area contributed by atoms with E-state index in [-0.39, 0.29) is 0 Å². The highest BCUT2D eigenvalue weighted by Gasteiger charge is 2.48. The average Bonchev–Trinajstić information content (AvgIpc) is 2.27. The number of benzene rings is 1. The molecule has 0 aliphatic rings. The number of rotatable bonds is 4. The van der Waals surface area contributed by atoms with Crippen LogP contribution in [0.15, 0.2) is 30.3 Å². The molecular formula is C13H16ClNO4. The fourth-order valence-electron chi connectivity index (χ4n) is 1.26.